The molecule has 1 atom stereocenters. The Kier molecular flexibility index (Phi) is 34.4. The van der Waals surface area contributed by atoms with Gasteiger partial charge in [0.2, 0.25) is 0 Å². The molecule has 67 heavy (non-hydrogen) atoms. The molecule has 3 aromatic rings. The van der Waals surface area contributed by atoms with E-state index in [1.807, 2.05) is 54.7 Å². The Labute approximate surface area is 414 Å². The van der Waals surface area contributed by atoms with Crippen LogP contribution in [0, 0.1) is 19.8 Å². The van der Waals surface area contributed by atoms with Gasteiger partial charge in [-0.3, -0.25) is 0 Å². The number of aryl methyl sites for hydroxylation is 3. The second-order valence-electron chi connectivity index (χ2n) is 17.2. The summed E-state index contributed by atoms with van der Waals surface area (Å²) in [7, 11) is 7.49. The highest BCUT2D eigenvalue weighted by atomic mass is 16.4. The summed E-state index contributed by atoms with van der Waals surface area (Å²) in [5, 5.41) is 3.37. The fourth-order valence-corrected chi connectivity index (χ4v) is 7.82. The van der Waals surface area contributed by atoms with Crippen LogP contribution in [0.25, 0.3) is 5.57 Å². The Bertz CT molecular complexity index is 2070. The Morgan fingerprint density at radius 3 is 2.12 bits per heavy atom. The van der Waals surface area contributed by atoms with Crippen LogP contribution in [0.1, 0.15) is 154 Å². The van der Waals surface area contributed by atoms with Crippen LogP contribution in [0.4, 0.5) is 11.4 Å². The molecular weight excluding hydrogens is 815 g/mol. The van der Waals surface area contributed by atoms with Gasteiger partial charge in [0.25, 0.3) is 0 Å². The highest BCUT2D eigenvalue weighted by molar-refractivity contribution is 6.06. The van der Waals surface area contributed by atoms with Crippen LogP contribution in [0.15, 0.2) is 133 Å². The van der Waals surface area contributed by atoms with E-state index >= 15 is 0 Å². The quantitative estimate of drug-likeness (QED) is 0.102. The summed E-state index contributed by atoms with van der Waals surface area (Å²) in [4.78, 5) is 2.43. The van der Waals surface area contributed by atoms with Crippen molar-refractivity contribution in [1.82, 2.24) is 0 Å². The first kappa shape index (κ1) is 62.1. The van der Waals surface area contributed by atoms with Gasteiger partial charge in [-0.05, 0) is 153 Å². The summed E-state index contributed by atoms with van der Waals surface area (Å²) < 4.78 is 6.66. The smallest absolute Gasteiger partial charge is 0.199 e. The molecule has 4 nitrogen and oxygen atoms in total. The standard InChI is InChI=1S/C47H59N3.2C5H10.C2H6O.2C2H6/c1-9-12-26-49(8)43-21-23-45-41(33-43)31-40-32-42(48-7)20-22-44(40)47(45)38-19-18-36(6)39(30-38)29-34(4)15-14-16-37-28-35(5)17-24-46(37)50(25-11-3)27-13-10-2;1-4-5(2)3;1-3-5-4-2;1-3-2;2*1-2/h10-11,13,17-24,28,30,32-34H,3,9,12,14-16,25-27,29,31H2,1-2,4-8H3;2,4H2,1,3H3;3,5H,4H2,1-2H3;1-2H3;2*1-2H3/p+1/b13-10-;;5-3+;;;. The van der Waals surface area contributed by atoms with E-state index in [1.54, 1.807) is 14.2 Å². The number of nitrogens with zero attached hydrogens (tertiary/aromatic N) is 2. The molecule has 0 saturated carbocycles. The Morgan fingerprint density at radius 1 is 0.881 bits per heavy atom. The molecule has 5 rings (SSSR count). The van der Waals surface area contributed by atoms with E-state index < -0.39 is 0 Å². The van der Waals surface area contributed by atoms with Crippen LogP contribution < -0.4 is 10.2 Å². The van der Waals surface area contributed by atoms with E-state index in [-0.39, 0.29) is 0 Å². The maximum Gasteiger partial charge on any atom is 0.199 e. The predicted octanol–water partition coefficient (Wildman–Crippen LogP) is 17.1. The molecule has 3 aromatic carbocycles. The molecule has 2 aliphatic carbocycles. The molecule has 0 fully saturated rings. The summed E-state index contributed by atoms with van der Waals surface area (Å²) in [5.74, 6) is 0.597. The minimum atomic E-state index is 0.597. The molecular formula is C63H98N3O+. The molecule has 0 bridgehead atoms. The van der Waals surface area contributed by atoms with Crippen LogP contribution >= 0.6 is 0 Å². The number of anilines is 2. The molecule has 0 spiro atoms. The van der Waals surface area contributed by atoms with Crippen molar-refractivity contribution < 1.29 is 9.31 Å². The monoisotopic (exact) mass is 913 g/mol. The van der Waals surface area contributed by atoms with Crippen molar-refractivity contribution in [3.05, 3.63) is 172 Å². The molecule has 370 valence electrons. The van der Waals surface area contributed by atoms with Gasteiger partial charge in [-0.2, -0.15) is 0 Å². The van der Waals surface area contributed by atoms with E-state index in [1.165, 1.54) is 104 Å². The normalized spacial score (nSPS) is 13.3. The van der Waals surface area contributed by atoms with Crippen molar-refractivity contribution in [2.75, 3.05) is 58.2 Å². The van der Waals surface area contributed by atoms with Crippen molar-refractivity contribution in [3.8, 4) is 0 Å². The van der Waals surface area contributed by atoms with Crippen LogP contribution in [0.5, 0.6) is 0 Å². The molecule has 1 unspecified atom stereocenters. The van der Waals surface area contributed by atoms with Gasteiger partial charge in [-0.1, -0.05) is 146 Å². The van der Waals surface area contributed by atoms with Crippen LogP contribution in [0.3, 0.4) is 0 Å². The summed E-state index contributed by atoms with van der Waals surface area (Å²) in [6.45, 7) is 38.1. The zero-order valence-corrected chi connectivity index (χ0v) is 46.1. The molecule has 0 radical (unpaired) electrons. The number of hydrogen-bond acceptors (Lipinski definition) is 3. The fourth-order valence-electron chi connectivity index (χ4n) is 7.82. The van der Waals surface area contributed by atoms with Gasteiger partial charge in [0.15, 0.2) is 5.71 Å². The van der Waals surface area contributed by atoms with Crippen molar-refractivity contribution >= 4 is 22.7 Å². The van der Waals surface area contributed by atoms with Gasteiger partial charge >= 0.3 is 0 Å². The molecule has 0 saturated heterocycles. The van der Waals surface area contributed by atoms with Gasteiger partial charge in [0.05, 0.1) is 0 Å². The van der Waals surface area contributed by atoms with Crippen LogP contribution in [0.2, 0.25) is 0 Å². The summed E-state index contributed by atoms with van der Waals surface area (Å²) >= 11 is 0. The predicted molar refractivity (Wildman–Crippen MR) is 305 cm³/mol. The minimum absolute atomic E-state index is 0.597. The molecule has 0 aromatic heterocycles. The highest BCUT2D eigenvalue weighted by Gasteiger charge is 2.27. The van der Waals surface area contributed by atoms with Gasteiger partial charge in [0.1, 0.15) is 13.6 Å². The fraction of sp³-hybridized carbons (Fsp3) is 0.476. The molecule has 4 heteroatoms. The Hall–Kier alpha value is -4.93. The number of rotatable bonds is 18. The lowest BCUT2D eigenvalue weighted by atomic mass is 9.76. The molecule has 0 amide bonds. The number of ether oxygens (including phenoxy) is 1. The zero-order chi connectivity index (χ0) is 50.7. The lowest BCUT2D eigenvalue weighted by Gasteiger charge is -2.27. The third-order valence-electron chi connectivity index (χ3n) is 11.6. The number of unbranched alkanes of at least 4 members (excludes halogenated alkanes) is 1. The maximum absolute atomic E-state index is 4.25. The SMILES string of the molecule is C/C=C/CC.C=C(C)CC.C=CCN(C/C=C\C)c1ccc(C)cc1CCCC(C)Cc1cc(C2=C3C=CC(=[N+](C)CCCC)C=C3Cc3cc(NC)ccc32)ccc1C.CC.CC.COC. The van der Waals surface area contributed by atoms with Gasteiger partial charge < -0.3 is 15.0 Å². The Balaban J connectivity index is 0.00000222. The van der Waals surface area contributed by atoms with E-state index in [4.69, 9.17) is 0 Å². The first-order chi connectivity index (χ1) is 32.4. The molecule has 2 aliphatic rings. The number of allylic oxidation sites excluding steroid dienone is 9. The van der Waals surface area contributed by atoms with Gasteiger partial charge in [-0.25, -0.2) is 4.58 Å². The lowest BCUT2D eigenvalue weighted by Crippen LogP contribution is -2.24. The van der Waals surface area contributed by atoms with Gasteiger partial charge in [-0.15, -0.1) is 13.2 Å². The van der Waals surface area contributed by atoms with Crippen molar-refractivity contribution in [2.45, 2.75) is 148 Å². The number of hydrogen-bond donors (Lipinski definition) is 1. The molecule has 0 aliphatic heterocycles. The third-order valence-corrected chi connectivity index (χ3v) is 11.6. The van der Waals surface area contributed by atoms with E-state index in [2.05, 4.69) is 185 Å². The topological polar surface area (TPSA) is 27.5 Å². The second kappa shape index (κ2) is 37.1. The third kappa shape index (κ3) is 22.2. The molecule has 1 N–H and O–H groups in total. The van der Waals surface area contributed by atoms with Crippen LogP contribution in [-0.4, -0.2) is 58.2 Å². The maximum atomic E-state index is 4.25. The number of nitrogens with one attached hydrogen (secondary N) is 1. The minimum Gasteiger partial charge on any atom is -0.388 e. The number of methoxy groups -OCH3 is 1. The lowest BCUT2D eigenvalue weighted by molar-refractivity contribution is -0.496. The van der Waals surface area contributed by atoms with Crippen LogP contribution in [-0.2, 0) is 24.0 Å². The largest absolute Gasteiger partial charge is 0.388 e. The average molecular weight is 913 g/mol. The summed E-state index contributed by atoms with van der Waals surface area (Å²) in [5.41, 5.74) is 19.0. The number of fused-ring (bicyclic) bond motifs is 2. The number of benzene rings is 3. The Morgan fingerprint density at radius 2 is 1.55 bits per heavy atom. The van der Waals surface area contributed by atoms with E-state index in [0.29, 0.717) is 5.92 Å². The van der Waals surface area contributed by atoms with Crippen molar-refractivity contribution in [3.63, 3.8) is 0 Å². The summed E-state index contributed by atoms with van der Waals surface area (Å²) in [6.07, 6.45) is 27.9. The van der Waals surface area contributed by atoms with Crippen molar-refractivity contribution in [1.29, 1.82) is 0 Å². The summed E-state index contributed by atoms with van der Waals surface area (Å²) in [6, 6.07) is 21.1. The zero-order valence-electron chi connectivity index (χ0n) is 46.1. The van der Waals surface area contributed by atoms with E-state index in [9.17, 15) is 0 Å². The first-order valence-corrected chi connectivity index (χ1v) is 25.7. The first-order valence-electron chi connectivity index (χ1n) is 25.7. The highest BCUT2D eigenvalue weighted by Crippen LogP contribution is 2.42. The van der Waals surface area contributed by atoms with E-state index in [0.717, 1.165) is 51.7 Å². The van der Waals surface area contributed by atoms with Crippen molar-refractivity contribution in [2.24, 2.45) is 5.92 Å². The average Bonchev–Trinajstić information content (AvgIpc) is 3.34. The second-order valence-corrected chi connectivity index (χ2v) is 17.2. The van der Waals surface area contributed by atoms with Gasteiger partial charge in [0, 0.05) is 64.3 Å². The molecule has 0 heterocycles.